The van der Waals surface area contributed by atoms with Crippen molar-refractivity contribution in [2.75, 3.05) is 20.7 Å². The Morgan fingerprint density at radius 1 is 0.967 bits per heavy atom. The lowest BCUT2D eigenvalue weighted by atomic mass is 10.1. The molecule has 0 bridgehead atoms. The summed E-state index contributed by atoms with van der Waals surface area (Å²) in [5, 5.41) is 29.1. The lowest BCUT2D eigenvalue weighted by molar-refractivity contribution is -0.384. The van der Waals surface area contributed by atoms with E-state index in [1.54, 1.807) is 42.5 Å². The Labute approximate surface area is 172 Å². The van der Waals surface area contributed by atoms with Gasteiger partial charge in [-0.3, -0.25) is 10.1 Å². The molecule has 0 unspecified atom stereocenters. The van der Waals surface area contributed by atoms with Crippen LogP contribution < -0.4 is 14.2 Å². The standard InChI is InChI=1S/C21H20N2O7/c1-28-19-8-6-16(22-21(19)15-3-2-4-17(11-15)23(26)27)9-14-5-7-18(29-12-24)20(10-14)30-13-25/h2-8,10-11,24-25H,9,12-13H2,1H3. The molecule has 0 saturated heterocycles. The highest BCUT2D eigenvalue weighted by molar-refractivity contribution is 5.68. The highest BCUT2D eigenvalue weighted by Crippen LogP contribution is 2.32. The van der Waals surface area contributed by atoms with Crippen molar-refractivity contribution >= 4 is 5.69 Å². The van der Waals surface area contributed by atoms with Crippen molar-refractivity contribution in [3.8, 4) is 28.5 Å². The predicted molar refractivity (Wildman–Crippen MR) is 108 cm³/mol. The van der Waals surface area contributed by atoms with E-state index in [4.69, 9.17) is 24.4 Å². The minimum Gasteiger partial charge on any atom is -0.494 e. The van der Waals surface area contributed by atoms with E-state index in [1.807, 2.05) is 0 Å². The van der Waals surface area contributed by atoms with E-state index >= 15 is 0 Å². The molecule has 3 aromatic rings. The number of hydrogen-bond donors (Lipinski definition) is 2. The van der Waals surface area contributed by atoms with Gasteiger partial charge in [-0.2, -0.15) is 0 Å². The summed E-state index contributed by atoms with van der Waals surface area (Å²) in [6, 6.07) is 14.8. The quantitative estimate of drug-likeness (QED) is 0.312. The number of nitrogens with zero attached hydrogens (tertiary/aromatic N) is 2. The van der Waals surface area contributed by atoms with Crippen LogP contribution in [0.3, 0.4) is 0 Å². The molecular weight excluding hydrogens is 392 g/mol. The van der Waals surface area contributed by atoms with E-state index < -0.39 is 18.5 Å². The monoisotopic (exact) mass is 412 g/mol. The number of pyridine rings is 1. The third kappa shape index (κ3) is 4.83. The molecule has 0 aliphatic heterocycles. The number of hydrogen-bond acceptors (Lipinski definition) is 8. The van der Waals surface area contributed by atoms with E-state index in [1.165, 1.54) is 19.2 Å². The van der Waals surface area contributed by atoms with Crippen molar-refractivity contribution in [2.24, 2.45) is 0 Å². The Bertz CT molecular complexity index is 1040. The second-order valence-corrected chi connectivity index (χ2v) is 6.17. The zero-order valence-electron chi connectivity index (χ0n) is 16.1. The van der Waals surface area contributed by atoms with Crippen LogP contribution in [0.2, 0.25) is 0 Å². The van der Waals surface area contributed by atoms with Crippen LogP contribution in [-0.4, -0.2) is 40.8 Å². The van der Waals surface area contributed by atoms with Crippen LogP contribution in [0.15, 0.2) is 54.6 Å². The molecule has 1 aromatic heterocycles. The molecule has 0 atom stereocenters. The van der Waals surface area contributed by atoms with E-state index in [9.17, 15) is 10.1 Å². The lowest BCUT2D eigenvalue weighted by Gasteiger charge is -2.13. The molecule has 2 N–H and O–H groups in total. The summed E-state index contributed by atoms with van der Waals surface area (Å²) >= 11 is 0. The fourth-order valence-corrected chi connectivity index (χ4v) is 2.97. The van der Waals surface area contributed by atoms with E-state index in [0.717, 1.165) is 5.56 Å². The summed E-state index contributed by atoms with van der Waals surface area (Å²) in [6.07, 6.45) is 0.424. The van der Waals surface area contributed by atoms with Gasteiger partial charge in [0.1, 0.15) is 11.4 Å². The third-order valence-corrected chi connectivity index (χ3v) is 4.30. The molecule has 3 rings (SSSR count). The first-order valence-electron chi connectivity index (χ1n) is 8.94. The van der Waals surface area contributed by atoms with Crippen LogP contribution in [0.4, 0.5) is 5.69 Å². The van der Waals surface area contributed by atoms with Gasteiger partial charge in [0.05, 0.1) is 12.0 Å². The third-order valence-electron chi connectivity index (χ3n) is 4.30. The molecule has 0 fully saturated rings. The maximum atomic E-state index is 11.1. The minimum absolute atomic E-state index is 0.0352. The molecule has 0 spiro atoms. The van der Waals surface area contributed by atoms with Crippen molar-refractivity contribution in [2.45, 2.75) is 6.42 Å². The van der Waals surface area contributed by atoms with Crippen LogP contribution in [-0.2, 0) is 6.42 Å². The maximum absolute atomic E-state index is 11.1. The number of nitro benzene ring substituents is 1. The van der Waals surface area contributed by atoms with Crippen LogP contribution in [0.1, 0.15) is 11.3 Å². The molecule has 0 radical (unpaired) electrons. The number of benzene rings is 2. The van der Waals surface area contributed by atoms with Gasteiger partial charge in [0, 0.05) is 29.8 Å². The largest absolute Gasteiger partial charge is 0.494 e. The second kappa shape index (κ2) is 9.68. The highest BCUT2D eigenvalue weighted by atomic mass is 16.6. The summed E-state index contributed by atoms with van der Waals surface area (Å²) in [7, 11) is 1.51. The molecule has 0 amide bonds. The molecule has 2 aromatic carbocycles. The number of methoxy groups -OCH3 is 1. The fourth-order valence-electron chi connectivity index (χ4n) is 2.97. The summed E-state index contributed by atoms with van der Waals surface area (Å²) in [6.45, 7) is -1.06. The van der Waals surface area contributed by atoms with Crippen LogP contribution in [0.25, 0.3) is 11.3 Å². The minimum atomic E-state index is -0.539. The summed E-state index contributed by atoms with van der Waals surface area (Å²) < 4.78 is 15.6. The molecule has 0 aliphatic carbocycles. The van der Waals surface area contributed by atoms with Gasteiger partial charge >= 0.3 is 0 Å². The van der Waals surface area contributed by atoms with Crippen molar-refractivity contribution in [1.29, 1.82) is 0 Å². The molecule has 0 aliphatic rings. The number of nitro groups is 1. The number of ether oxygens (including phenoxy) is 3. The van der Waals surface area contributed by atoms with Gasteiger partial charge in [-0.05, 0) is 29.8 Å². The first-order valence-corrected chi connectivity index (χ1v) is 8.94. The van der Waals surface area contributed by atoms with Gasteiger partial charge in [-0.15, -0.1) is 0 Å². The Morgan fingerprint density at radius 3 is 2.40 bits per heavy atom. The second-order valence-electron chi connectivity index (χ2n) is 6.17. The Kier molecular flexibility index (Phi) is 6.79. The zero-order valence-corrected chi connectivity index (χ0v) is 16.1. The average molecular weight is 412 g/mol. The maximum Gasteiger partial charge on any atom is 0.270 e. The van der Waals surface area contributed by atoms with E-state index in [2.05, 4.69) is 4.98 Å². The number of non-ortho nitro benzene ring substituents is 1. The molecule has 30 heavy (non-hydrogen) atoms. The summed E-state index contributed by atoms with van der Waals surface area (Å²) in [4.78, 5) is 15.3. The molecule has 1 heterocycles. The van der Waals surface area contributed by atoms with Crippen LogP contribution in [0.5, 0.6) is 17.2 Å². The van der Waals surface area contributed by atoms with Gasteiger partial charge in [0.25, 0.3) is 5.69 Å². The highest BCUT2D eigenvalue weighted by Gasteiger charge is 2.14. The SMILES string of the molecule is COc1ccc(Cc2ccc(OCO)c(OCO)c2)nc1-c1cccc([N+](=O)[O-])c1. The van der Waals surface area contributed by atoms with Gasteiger partial charge in [0.15, 0.2) is 25.1 Å². The Morgan fingerprint density at radius 2 is 1.70 bits per heavy atom. The molecule has 0 saturated carbocycles. The smallest absolute Gasteiger partial charge is 0.270 e. The Hall–Kier alpha value is -3.69. The summed E-state index contributed by atoms with van der Waals surface area (Å²) in [5.74, 6) is 1.09. The number of aliphatic hydroxyl groups excluding tert-OH is 2. The van der Waals surface area contributed by atoms with Gasteiger partial charge in [0.2, 0.25) is 0 Å². The van der Waals surface area contributed by atoms with Crippen molar-refractivity contribution in [3.63, 3.8) is 0 Å². The van der Waals surface area contributed by atoms with Crippen LogP contribution in [0, 0.1) is 10.1 Å². The molecule has 9 nitrogen and oxygen atoms in total. The van der Waals surface area contributed by atoms with Crippen molar-refractivity contribution < 1.29 is 29.3 Å². The Balaban J connectivity index is 1.95. The normalized spacial score (nSPS) is 10.5. The van der Waals surface area contributed by atoms with Gasteiger partial charge in [-0.25, -0.2) is 4.98 Å². The number of aromatic nitrogens is 1. The molecule has 156 valence electrons. The average Bonchev–Trinajstić information content (AvgIpc) is 2.76. The van der Waals surface area contributed by atoms with Gasteiger partial charge in [-0.1, -0.05) is 18.2 Å². The fraction of sp³-hybridized carbons (Fsp3) is 0.190. The molecular formula is C21H20N2O7. The van der Waals surface area contributed by atoms with E-state index in [-0.39, 0.29) is 11.4 Å². The summed E-state index contributed by atoms with van der Waals surface area (Å²) in [5.41, 5.74) is 2.55. The lowest BCUT2D eigenvalue weighted by Crippen LogP contribution is -2.02. The first kappa shape index (κ1) is 21.0. The zero-order chi connectivity index (χ0) is 21.5. The van der Waals surface area contributed by atoms with Crippen molar-refractivity contribution in [3.05, 3.63) is 76.0 Å². The van der Waals surface area contributed by atoms with Crippen LogP contribution >= 0.6 is 0 Å². The van der Waals surface area contributed by atoms with E-state index in [0.29, 0.717) is 34.9 Å². The van der Waals surface area contributed by atoms with Gasteiger partial charge < -0.3 is 24.4 Å². The van der Waals surface area contributed by atoms with Crippen molar-refractivity contribution in [1.82, 2.24) is 4.98 Å². The molecule has 9 heteroatoms. The topological polar surface area (TPSA) is 124 Å². The first-order chi connectivity index (χ1) is 14.5. The number of aliphatic hydroxyl groups is 2. The number of rotatable bonds is 9. The predicted octanol–water partition coefficient (Wildman–Crippen LogP) is 2.91.